The van der Waals surface area contributed by atoms with Crippen LogP contribution < -0.4 is 5.32 Å². The Bertz CT molecular complexity index is 168. The van der Waals surface area contributed by atoms with Gasteiger partial charge < -0.3 is 9.74 Å². The molecule has 0 aliphatic carbocycles. The van der Waals surface area contributed by atoms with Gasteiger partial charge in [-0.25, -0.2) is 0 Å². The number of nitrogens with one attached hydrogen (secondary N) is 1. The van der Waals surface area contributed by atoms with Crippen molar-refractivity contribution in [1.82, 2.24) is 5.32 Å². The molecule has 0 heterocycles. The Morgan fingerprint density at radius 2 is 2.33 bits per heavy atom. The zero-order chi connectivity index (χ0) is 9.61. The van der Waals surface area contributed by atoms with Gasteiger partial charge in [-0.3, -0.25) is 4.79 Å². The van der Waals surface area contributed by atoms with Crippen molar-refractivity contribution in [3.8, 4) is 0 Å². The summed E-state index contributed by atoms with van der Waals surface area (Å²) in [4.78, 5) is 10.7. The van der Waals surface area contributed by atoms with Crippen molar-refractivity contribution in [1.29, 1.82) is 0 Å². The summed E-state index contributed by atoms with van der Waals surface area (Å²) in [6, 6.07) is 0. The van der Waals surface area contributed by atoms with E-state index in [4.69, 9.17) is 4.43 Å². The van der Waals surface area contributed by atoms with Crippen LogP contribution in [0, 0.1) is 0 Å². The molecule has 0 radical (unpaired) electrons. The molecule has 0 unspecified atom stereocenters. The highest BCUT2D eigenvalue weighted by Gasteiger charge is 2.14. The molecule has 0 saturated carbocycles. The molecular weight excluding hydrogens is 170 g/mol. The molecule has 0 aliphatic heterocycles. The topological polar surface area (TPSA) is 38.3 Å². The fraction of sp³-hybridized carbons (Fsp3) is 0.625. The summed E-state index contributed by atoms with van der Waals surface area (Å²) in [6.07, 6.45) is 2.10. The first-order chi connectivity index (χ1) is 5.52. The van der Waals surface area contributed by atoms with Gasteiger partial charge in [-0.05, 0) is 26.3 Å². The normalized spacial score (nSPS) is 11.2. The van der Waals surface area contributed by atoms with Gasteiger partial charge in [0.25, 0.3) is 0 Å². The first-order valence-corrected chi connectivity index (χ1v) is 4.79. The highest BCUT2D eigenvalue weighted by Crippen LogP contribution is 2.10. The number of carbonyl (C=O) groups is 1. The molecule has 0 spiro atoms. The summed E-state index contributed by atoms with van der Waals surface area (Å²) >= 11 is 0. The zero-order valence-electron chi connectivity index (χ0n) is 8.02. The number of amides is 1. The van der Waals surface area contributed by atoms with Crippen molar-refractivity contribution in [3.63, 3.8) is 0 Å². The van der Waals surface area contributed by atoms with Crippen molar-refractivity contribution in [2.24, 2.45) is 0 Å². The van der Waals surface area contributed by atoms with Crippen LogP contribution in [0.25, 0.3) is 0 Å². The Labute approximate surface area is 76.7 Å². The smallest absolute Gasteiger partial charge is 0.243 e. The quantitative estimate of drug-likeness (QED) is 0.476. The van der Waals surface area contributed by atoms with Crippen molar-refractivity contribution in [3.05, 3.63) is 12.7 Å². The van der Waals surface area contributed by atoms with E-state index in [2.05, 4.69) is 11.9 Å². The minimum Gasteiger partial charge on any atom is -0.423 e. The van der Waals surface area contributed by atoms with E-state index in [1.54, 1.807) is 0 Å². The minimum absolute atomic E-state index is 0.110. The summed E-state index contributed by atoms with van der Waals surface area (Å²) in [6.45, 7) is 8.03. The highest BCUT2D eigenvalue weighted by atomic mass is 28.2. The predicted molar refractivity (Wildman–Crippen MR) is 52.9 cm³/mol. The first kappa shape index (κ1) is 11.4. The second kappa shape index (κ2) is 5.11. The fourth-order valence-corrected chi connectivity index (χ4v) is 0.865. The fourth-order valence-electron chi connectivity index (χ4n) is 0.661. The van der Waals surface area contributed by atoms with Crippen molar-refractivity contribution < 1.29 is 9.22 Å². The molecule has 0 saturated heterocycles. The molecule has 70 valence electrons. The molecule has 1 amide bonds. The highest BCUT2D eigenvalue weighted by molar-refractivity contribution is 5.98. The largest absolute Gasteiger partial charge is 0.423 e. The van der Waals surface area contributed by atoms with E-state index in [1.807, 2.05) is 13.8 Å². The Kier molecular flexibility index (Phi) is 4.85. The molecule has 1 N–H and O–H groups in total. The molecule has 0 rings (SSSR count). The van der Waals surface area contributed by atoms with Gasteiger partial charge in [0.1, 0.15) is 10.5 Å². The van der Waals surface area contributed by atoms with Crippen LogP contribution in [-0.4, -0.2) is 28.5 Å². The van der Waals surface area contributed by atoms with Crippen molar-refractivity contribution in [2.75, 3.05) is 6.54 Å². The van der Waals surface area contributed by atoms with E-state index in [1.165, 1.54) is 6.08 Å². The van der Waals surface area contributed by atoms with Crippen LogP contribution in [0.3, 0.4) is 0 Å². The van der Waals surface area contributed by atoms with Crippen LogP contribution in [0.1, 0.15) is 20.3 Å². The van der Waals surface area contributed by atoms with E-state index in [0.29, 0.717) is 6.54 Å². The average Bonchev–Trinajstić information content (AvgIpc) is 2.04. The lowest BCUT2D eigenvalue weighted by Gasteiger charge is -2.23. The summed E-state index contributed by atoms with van der Waals surface area (Å²) in [5.41, 5.74) is -0.110. The maximum absolute atomic E-state index is 10.7. The van der Waals surface area contributed by atoms with E-state index in [9.17, 15) is 4.79 Å². The van der Waals surface area contributed by atoms with Gasteiger partial charge in [0, 0.05) is 6.54 Å². The summed E-state index contributed by atoms with van der Waals surface area (Å²) in [7, 11) is 0.728. The molecule has 4 heteroatoms. The Morgan fingerprint density at radius 1 is 1.75 bits per heavy atom. The van der Waals surface area contributed by atoms with Gasteiger partial charge in [0.15, 0.2) is 0 Å². The van der Waals surface area contributed by atoms with Gasteiger partial charge in [-0.2, -0.15) is 0 Å². The molecule has 0 aromatic rings. The monoisotopic (exact) mass is 187 g/mol. The number of hydrogen-bond donors (Lipinski definition) is 1. The molecule has 3 nitrogen and oxygen atoms in total. The summed E-state index contributed by atoms with van der Waals surface area (Å²) in [5.74, 6) is -0.126. The van der Waals surface area contributed by atoms with Crippen LogP contribution >= 0.6 is 0 Å². The summed E-state index contributed by atoms with van der Waals surface area (Å²) < 4.78 is 5.31. The van der Waals surface area contributed by atoms with Gasteiger partial charge in [-0.1, -0.05) is 6.58 Å². The first-order valence-electron chi connectivity index (χ1n) is 3.97. The Hall–Kier alpha value is -0.613. The maximum Gasteiger partial charge on any atom is 0.243 e. The second-order valence-corrected chi connectivity index (χ2v) is 3.62. The average molecular weight is 187 g/mol. The molecule has 0 atom stereocenters. The molecular formula is C8H17NO2Si. The van der Waals surface area contributed by atoms with E-state index in [0.717, 1.165) is 16.9 Å². The number of carbonyl (C=O) groups excluding carboxylic acids is 1. The van der Waals surface area contributed by atoms with Crippen LogP contribution in [0.4, 0.5) is 0 Å². The lowest BCUT2D eigenvalue weighted by atomic mass is 10.1. The second-order valence-electron chi connectivity index (χ2n) is 3.21. The van der Waals surface area contributed by atoms with Gasteiger partial charge in [-0.15, -0.1) is 0 Å². The molecule has 0 bridgehead atoms. The number of rotatable bonds is 5. The predicted octanol–water partition coefficient (Wildman–Crippen LogP) is -0.246. The van der Waals surface area contributed by atoms with E-state index >= 15 is 0 Å². The van der Waals surface area contributed by atoms with Crippen molar-refractivity contribution in [2.45, 2.75) is 25.9 Å². The molecule has 0 aromatic heterocycles. The van der Waals surface area contributed by atoms with Crippen LogP contribution in [-0.2, 0) is 9.22 Å². The molecule has 12 heavy (non-hydrogen) atoms. The number of hydrogen-bond acceptors (Lipinski definition) is 2. The van der Waals surface area contributed by atoms with Crippen molar-refractivity contribution >= 4 is 16.4 Å². The molecule has 0 aromatic carbocycles. The third-order valence-electron chi connectivity index (χ3n) is 1.76. The van der Waals surface area contributed by atoms with Crippen LogP contribution in [0.15, 0.2) is 12.7 Å². The maximum atomic E-state index is 10.7. The minimum atomic E-state index is -0.126. The Balaban J connectivity index is 3.56. The van der Waals surface area contributed by atoms with Gasteiger partial charge in [0.2, 0.25) is 5.91 Å². The standard InChI is InChI=1S/C8H17NO2Si/c1-4-7(10)9-6-5-8(2,3)11-12/h4H,1,5-6H2,2-3,12H3,(H,9,10). The van der Waals surface area contributed by atoms with E-state index < -0.39 is 0 Å². The van der Waals surface area contributed by atoms with Crippen LogP contribution in [0.5, 0.6) is 0 Å². The van der Waals surface area contributed by atoms with Crippen LogP contribution in [0.2, 0.25) is 0 Å². The zero-order valence-corrected chi connectivity index (χ0v) is 10.0. The lowest BCUT2D eigenvalue weighted by molar-refractivity contribution is -0.116. The van der Waals surface area contributed by atoms with E-state index in [-0.39, 0.29) is 11.5 Å². The third kappa shape index (κ3) is 5.09. The third-order valence-corrected chi connectivity index (χ3v) is 2.87. The SMILES string of the molecule is C=CC(=O)NCCC(C)(C)O[SiH3]. The molecule has 0 aliphatic rings. The van der Waals surface area contributed by atoms with Gasteiger partial charge >= 0.3 is 0 Å². The Morgan fingerprint density at radius 3 is 2.75 bits per heavy atom. The molecule has 0 fully saturated rings. The lowest BCUT2D eigenvalue weighted by Crippen LogP contribution is -2.31. The summed E-state index contributed by atoms with van der Waals surface area (Å²) in [5, 5.41) is 2.70. The van der Waals surface area contributed by atoms with Gasteiger partial charge in [0.05, 0.1) is 5.60 Å².